The lowest BCUT2D eigenvalue weighted by atomic mass is 9.96. The number of nitrogens with one attached hydrogen (secondary N) is 2. The van der Waals surface area contributed by atoms with Crippen LogP contribution in [0, 0.1) is 0 Å². The average molecular weight is 469 g/mol. The predicted molar refractivity (Wildman–Crippen MR) is 128 cm³/mol. The van der Waals surface area contributed by atoms with E-state index in [0.717, 1.165) is 27.8 Å². The number of esters is 1. The fourth-order valence-electron chi connectivity index (χ4n) is 4.11. The highest BCUT2D eigenvalue weighted by Gasteiger charge is 2.30. The molecule has 0 saturated heterocycles. The standard InChI is InChI=1S/C26H32N2O6/c1-26(2,3)34-24(31)22(27-4)12-10-16-9-11-19-20(13-16)17-7-5-6-8-18(17)21(19)15-33-25(32)28-14-23(29)30/h5-9,11,13,21-22,27H,10,12,14-15H2,1-4H3,(H,28,32)(H,29,30). The topological polar surface area (TPSA) is 114 Å². The molecule has 2 aromatic rings. The highest BCUT2D eigenvalue weighted by atomic mass is 16.6. The summed E-state index contributed by atoms with van der Waals surface area (Å²) in [5, 5.41) is 14.0. The number of rotatable bonds is 9. The van der Waals surface area contributed by atoms with Gasteiger partial charge in [0.2, 0.25) is 0 Å². The molecule has 0 radical (unpaired) electrons. The van der Waals surface area contributed by atoms with E-state index in [2.05, 4.69) is 16.7 Å². The van der Waals surface area contributed by atoms with Crippen molar-refractivity contribution in [3.05, 3.63) is 59.2 Å². The minimum Gasteiger partial charge on any atom is -0.480 e. The molecule has 0 aliphatic heterocycles. The number of amides is 1. The van der Waals surface area contributed by atoms with Crippen LogP contribution in [0.15, 0.2) is 42.5 Å². The maximum absolute atomic E-state index is 12.5. The van der Waals surface area contributed by atoms with E-state index in [9.17, 15) is 14.4 Å². The molecule has 34 heavy (non-hydrogen) atoms. The molecule has 0 bridgehead atoms. The summed E-state index contributed by atoms with van der Waals surface area (Å²) in [6.07, 6.45) is 0.534. The van der Waals surface area contributed by atoms with Crippen molar-refractivity contribution in [3.63, 3.8) is 0 Å². The first-order chi connectivity index (χ1) is 16.1. The van der Waals surface area contributed by atoms with E-state index in [1.54, 1.807) is 7.05 Å². The number of benzene rings is 2. The number of carboxylic acids is 1. The Hall–Kier alpha value is -3.39. The zero-order valence-corrected chi connectivity index (χ0v) is 20.0. The number of aliphatic carboxylic acids is 1. The minimum absolute atomic E-state index is 0.106. The summed E-state index contributed by atoms with van der Waals surface area (Å²) in [4.78, 5) is 34.9. The molecule has 8 nitrogen and oxygen atoms in total. The molecule has 2 aromatic carbocycles. The zero-order chi connectivity index (χ0) is 24.9. The number of ether oxygens (including phenoxy) is 2. The first kappa shape index (κ1) is 25.2. The molecule has 1 aliphatic carbocycles. The van der Waals surface area contributed by atoms with Crippen molar-refractivity contribution >= 4 is 18.0 Å². The van der Waals surface area contributed by atoms with Crippen LogP contribution in [0.5, 0.6) is 0 Å². The summed E-state index contributed by atoms with van der Waals surface area (Å²) < 4.78 is 10.8. The first-order valence-corrected chi connectivity index (χ1v) is 11.3. The van der Waals surface area contributed by atoms with Crippen LogP contribution in [0.3, 0.4) is 0 Å². The van der Waals surface area contributed by atoms with E-state index < -0.39 is 30.3 Å². The van der Waals surface area contributed by atoms with Crippen molar-refractivity contribution in [3.8, 4) is 11.1 Å². The Balaban J connectivity index is 1.73. The summed E-state index contributed by atoms with van der Waals surface area (Å²) in [6, 6.07) is 13.8. The van der Waals surface area contributed by atoms with Gasteiger partial charge in [0.15, 0.2) is 0 Å². The Bertz CT molecular complexity index is 1060. The van der Waals surface area contributed by atoms with Gasteiger partial charge >= 0.3 is 18.0 Å². The molecular formula is C26H32N2O6. The SMILES string of the molecule is CNC(CCc1ccc2c(c1)-c1ccccc1C2COC(=O)NCC(=O)O)C(=O)OC(C)(C)C. The molecule has 8 heteroatoms. The number of aryl methyl sites for hydroxylation is 1. The fraction of sp³-hybridized carbons (Fsp3) is 0.423. The van der Waals surface area contributed by atoms with Crippen LogP contribution in [0.2, 0.25) is 0 Å². The Morgan fingerprint density at radius 2 is 1.76 bits per heavy atom. The predicted octanol–water partition coefficient (Wildman–Crippen LogP) is 3.47. The number of carbonyl (C=O) groups excluding carboxylic acids is 2. The maximum Gasteiger partial charge on any atom is 0.407 e. The van der Waals surface area contributed by atoms with Gasteiger partial charge in [-0.2, -0.15) is 0 Å². The van der Waals surface area contributed by atoms with E-state index in [1.807, 2.05) is 57.2 Å². The van der Waals surface area contributed by atoms with Crippen LogP contribution in [-0.4, -0.2) is 55.0 Å². The van der Waals surface area contributed by atoms with E-state index in [1.165, 1.54) is 0 Å². The van der Waals surface area contributed by atoms with E-state index >= 15 is 0 Å². The first-order valence-electron chi connectivity index (χ1n) is 11.3. The molecule has 1 aliphatic rings. The van der Waals surface area contributed by atoms with Crippen LogP contribution in [0.4, 0.5) is 4.79 Å². The molecule has 0 heterocycles. The van der Waals surface area contributed by atoms with Crippen molar-refractivity contribution in [1.82, 2.24) is 10.6 Å². The minimum atomic E-state index is -1.13. The van der Waals surface area contributed by atoms with E-state index in [-0.39, 0.29) is 18.5 Å². The molecule has 0 spiro atoms. The highest BCUT2D eigenvalue weighted by Crippen LogP contribution is 2.45. The molecule has 1 amide bonds. The van der Waals surface area contributed by atoms with Crippen molar-refractivity contribution < 1.29 is 29.0 Å². The highest BCUT2D eigenvalue weighted by molar-refractivity contribution is 5.80. The summed E-state index contributed by atoms with van der Waals surface area (Å²) >= 11 is 0. The third-order valence-electron chi connectivity index (χ3n) is 5.65. The van der Waals surface area contributed by atoms with Gasteiger partial charge in [-0.3, -0.25) is 9.59 Å². The van der Waals surface area contributed by atoms with Crippen LogP contribution in [0.1, 0.15) is 49.8 Å². The quantitative estimate of drug-likeness (QED) is 0.483. The molecule has 3 N–H and O–H groups in total. The molecule has 3 rings (SSSR count). The second kappa shape index (κ2) is 10.7. The van der Waals surface area contributed by atoms with Crippen molar-refractivity contribution in [2.24, 2.45) is 0 Å². The third kappa shape index (κ3) is 6.35. The number of hydrogen-bond acceptors (Lipinski definition) is 6. The molecule has 0 aromatic heterocycles. The molecule has 2 atom stereocenters. The zero-order valence-electron chi connectivity index (χ0n) is 20.0. The molecule has 2 unspecified atom stereocenters. The fourth-order valence-corrected chi connectivity index (χ4v) is 4.11. The Labute approximate surface area is 199 Å². The third-order valence-corrected chi connectivity index (χ3v) is 5.65. The van der Waals surface area contributed by atoms with Gasteiger partial charge in [0, 0.05) is 5.92 Å². The number of alkyl carbamates (subject to hydrolysis) is 1. The number of carboxylic acid groups (broad SMARTS) is 1. The van der Waals surface area contributed by atoms with Gasteiger partial charge in [-0.25, -0.2) is 4.79 Å². The van der Waals surface area contributed by atoms with Crippen LogP contribution in [0.25, 0.3) is 11.1 Å². The van der Waals surface area contributed by atoms with E-state index in [4.69, 9.17) is 14.6 Å². The number of carbonyl (C=O) groups is 3. The molecule has 0 fully saturated rings. The summed E-state index contributed by atoms with van der Waals surface area (Å²) in [6.45, 7) is 5.18. The molecule has 182 valence electrons. The normalized spacial score (nSPS) is 15.1. The Morgan fingerprint density at radius 1 is 1.06 bits per heavy atom. The van der Waals surface area contributed by atoms with Crippen molar-refractivity contribution in [1.29, 1.82) is 0 Å². The lowest BCUT2D eigenvalue weighted by Crippen LogP contribution is -2.39. The number of hydrogen-bond donors (Lipinski definition) is 3. The average Bonchev–Trinajstić information content (AvgIpc) is 3.08. The number of likely N-dealkylation sites (N-methyl/N-ethyl adjacent to an activating group) is 1. The van der Waals surface area contributed by atoms with Crippen molar-refractivity contribution in [2.45, 2.75) is 51.2 Å². The smallest absolute Gasteiger partial charge is 0.407 e. The van der Waals surface area contributed by atoms with Crippen LogP contribution < -0.4 is 10.6 Å². The lowest BCUT2D eigenvalue weighted by molar-refractivity contribution is -0.157. The summed E-state index contributed by atoms with van der Waals surface area (Å²) in [5.74, 6) is -1.53. The Morgan fingerprint density at radius 3 is 2.44 bits per heavy atom. The van der Waals surface area contributed by atoms with Gasteiger partial charge in [-0.05, 0) is 68.5 Å². The monoisotopic (exact) mass is 468 g/mol. The van der Waals surface area contributed by atoms with Gasteiger partial charge in [0.1, 0.15) is 24.8 Å². The maximum atomic E-state index is 12.5. The number of fused-ring (bicyclic) bond motifs is 3. The van der Waals surface area contributed by atoms with Gasteiger partial charge in [-0.15, -0.1) is 0 Å². The van der Waals surface area contributed by atoms with Crippen molar-refractivity contribution in [2.75, 3.05) is 20.2 Å². The molecule has 0 saturated carbocycles. The van der Waals surface area contributed by atoms with Crippen LogP contribution in [-0.2, 0) is 25.5 Å². The van der Waals surface area contributed by atoms with E-state index in [0.29, 0.717) is 12.8 Å². The van der Waals surface area contributed by atoms with Gasteiger partial charge in [-0.1, -0.05) is 42.5 Å². The van der Waals surface area contributed by atoms with Gasteiger partial charge < -0.3 is 25.2 Å². The Kier molecular flexibility index (Phi) is 7.94. The lowest BCUT2D eigenvalue weighted by Gasteiger charge is -2.23. The van der Waals surface area contributed by atoms with Gasteiger partial charge in [0.25, 0.3) is 0 Å². The largest absolute Gasteiger partial charge is 0.480 e. The second-order valence-electron chi connectivity index (χ2n) is 9.32. The van der Waals surface area contributed by atoms with Crippen LogP contribution >= 0.6 is 0 Å². The second-order valence-corrected chi connectivity index (χ2v) is 9.32. The summed E-state index contributed by atoms with van der Waals surface area (Å²) in [7, 11) is 1.75. The molecular weight excluding hydrogens is 436 g/mol. The summed E-state index contributed by atoms with van der Waals surface area (Å²) in [5.41, 5.74) is 4.82. The van der Waals surface area contributed by atoms with Gasteiger partial charge in [0.05, 0.1) is 0 Å².